The molecule has 0 fully saturated rings. The normalized spacial score (nSPS) is 15.4. The third-order valence-corrected chi connectivity index (χ3v) is 9.55. The molecule has 0 unspecified atom stereocenters. The van der Waals surface area contributed by atoms with Crippen LogP contribution in [-0.4, -0.2) is 35.9 Å². The summed E-state index contributed by atoms with van der Waals surface area (Å²) in [5.74, 6) is 0. The first kappa shape index (κ1) is 30.9. The van der Waals surface area contributed by atoms with Crippen LogP contribution in [0.25, 0.3) is 16.3 Å². The molecule has 1 aliphatic heterocycles. The molecule has 0 saturated heterocycles. The zero-order chi connectivity index (χ0) is 31.8. The summed E-state index contributed by atoms with van der Waals surface area (Å²) < 4.78 is 38.2. The fourth-order valence-electron chi connectivity index (χ4n) is 5.50. The molecule has 2 heterocycles. The second kappa shape index (κ2) is 11.9. The number of hydrogen-bond acceptors (Lipinski definition) is 10. The van der Waals surface area contributed by atoms with Gasteiger partial charge in [-0.2, -0.15) is 4.57 Å². The highest BCUT2D eigenvalue weighted by molar-refractivity contribution is 7.85. The molecule has 0 amide bonds. The number of rotatable bonds is 10. The summed E-state index contributed by atoms with van der Waals surface area (Å²) in [5.41, 5.74) is 8.15. The summed E-state index contributed by atoms with van der Waals surface area (Å²) in [7, 11) is -4.64. The lowest BCUT2D eigenvalue weighted by molar-refractivity contribution is -0.659. The van der Waals surface area contributed by atoms with E-state index in [0.717, 1.165) is 38.2 Å². The van der Waals surface area contributed by atoms with E-state index in [1.54, 1.807) is 6.07 Å². The van der Waals surface area contributed by atoms with Crippen molar-refractivity contribution in [3.63, 3.8) is 0 Å². The van der Waals surface area contributed by atoms with Crippen LogP contribution in [0.1, 0.15) is 36.4 Å². The summed E-state index contributed by atoms with van der Waals surface area (Å²) in [6.45, 7) is 5.13. The maximum absolute atomic E-state index is 11.8. The van der Waals surface area contributed by atoms with E-state index in [4.69, 9.17) is 5.73 Å². The largest absolute Gasteiger partial charge is 0.744 e. The highest BCUT2D eigenvalue weighted by Crippen LogP contribution is 2.48. The van der Waals surface area contributed by atoms with Crippen molar-refractivity contribution in [2.75, 3.05) is 18.0 Å². The minimum absolute atomic E-state index is 0.161. The fourth-order valence-corrected chi connectivity index (χ4v) is 7.07. The van der Waals surface area contributed by atoms with Crippen molar-refractivity contribution in [1.82, 2.24) is 0 Å². The lowest BCUT2D eigenvalue weighted by Crippen LogP contribution is -2.35. The Kier molecular flexibility index (Phi) is 8.36. The summed E-state index contributed by atoms with van der Waals surface area (Å²) in [6.07, 6.45) is 6.40. The van der Waals surface area contributed by atoms with Crippen LogP contribution in [0.2, 0.25) is 0 Å². The molecule has 0 atom stereocenters. The van der Waals surface area contributed by atoms with Crippen LogP contribution >= 0.6 is 11.3 Å². The number of allylic oxidation sites excluding steroid dienone is 3. The summed E-state index contributed by atoms with van der Waals surface area (Å²) in [5, 5.41) is 23.8. The standard InChI is InChI=1S/C30H29N5O7S2/c1-30(2)24-18-23(44(40,41)42)11-12-25(24)32(14-6-13-31)28(30)9-5-10-29-33(26-7-3-4-8-27(26)43-29)19-20-15-21(34(36)37)17-22(16-20)35(38)39/h3-5,7-12,15-18H,6,13-14,19,31H2,1-2H3. The van der Waals surface area contributed by atoms with Gasteiger partial charge in [-0.25, -0.2) is 8.42 Å². The SMILES string of the molecule is CC1(C)/C(=C\C=C\c2sc3ccccc3[n+]2Cc2cc([N+](=O)[O-])cc([N+](=O)[O-])c2)N(CCCN)c2ccc(S(=O)(=O)[O-])cc21. The zero-order valence-electron chi connectivity index (χ0n) is 23.9. The molecule has 44 heavy (non-hydrogen) atoms. The van der Waals surface area contributed by atoms with E-state index in [2.05, 4.69) is 4.90 Å². The van der Waals surface area contributed by atoms with Crippen LogP contribution in [0.3, 0.4) is 0 Å². The van der Waals surface area contributed by atoms with Gasteiger partial charge in [0.25, 0.3) is 16.4 Å². The molecule has 2 N–H and O–H groups in total. The van der Waals surface area contributed by atoms with Gasteiger partial charge in [-0.05, 0) is 48.9 Å². The molecule has 0 bridgehead atoms. The molecule has 14 heteroatoms. The Morgan fingerprint density at radius 1 is 1.02 bits per heavy atom. The van der Waals surface area contributed by atoms with Gasteiger partial charge in [0.05, 0.1) is 20.8 Å². The van der Waals surface area contributed by atoms with Gasteiger partial charge < -0.3 is 15.2 Å². The topological polar surface area (TPSA) is 177 Å². The summed E-state index contributed by atoms with van der Waals surface area (Å²) in [6, 6.07) is 15.7. The van der Waals surface area contributed by atoms with Gasteiger partial charge in [-0.15, -0.1) is 0 Å². The van der Waals surface area contributed by atoms with E-state index in [1.807, 2.05) is 60.9 Å². The molecule has 0 aliphatic carbocycles. The van der Waals surface area contributed by atoms with E-state index >= 15 is 0 Å². The molecule has 12 nitrogen and oxygen atoms in total. The Morgan fingerprint density at radius 3 is 2.34 bits per heavy atom. The molecule has 3 aromatic carbocycles. The highest BCUT2D eigenvalue weighted by atomic mass is 32.2. The zero-order valence-corrected chi connectivity index (χ0v) is 25.5. The molecular formula is C30H29N5O7S2. The molecule has 228 valence electrons. The monoisotopic (exact) mass is 635 g/mol. The predicted molar refractivity (Wildman–Crippen MR) is 166 cm³/mol. The number of thiazole rings is 1. The highest BCUT2D eigenvalue weighted by Gasteiger charge is 2.40. The number of non-ortho nitro benzene ring substituents is 2. The molecule has 5 rings (SSSR count). The number of benzene rings is 3. The Bertz CT molecular complexity index is 1930. The summed E-state index contributed by atoms with van der Waals surface area (Å²) in [4.78, 5) is 23.5. The Balaban J connectivity index is 1.57. The van der Waals surface area contributed by atoms with Gasteiger partial charge in [-0.1, -0.05) is 43.4 Å². The first-order chi connectivity index (χ1) is 20.8. The third kappa shape index (κ3) is 5.97. The maximum atomic E-state index is 11.8. The van der Waals surface area contributed by atoms with E-state index in [0.29, 0.717) is 25.1 Å². The van der Waals surface area contributed by atoms with Crippen LogP contribution in [0.4, 0.5) is 17.1 Å². The number of nitro groups is 2. The number of nitrogens with zero attached hydrogens (tertiary/aromatic N) is 4. The quantitative estimate of drug-likeness (QED) is 0.109. The minimum Gasteiger partial charge on any atom is -0.744 e. The second-order valence-electron chi connectivity index (χ2n) is 10.8. The van der Waals surface area contributed by atoms with Gasteiger partial charge in [-0.3, -0.25) is 20.2 Å². The molecule has 0 radical (unpaired) electrons. The van der Waals surface area contributed by atoms with Crippen LogP contribution in [0.5, 0.6) is 0 Å². The van der Waals surface area contributed by atoms with Crippen LogP contribution in [0, 0.1) is 20.2 Å². The number of anilines is 1. The van der Waals surface area contributed by atoms with E-state index in [1.165, 1.54) is 35.6 Å². The van der Waals surface area contributed by atoms with E-state index < -0.39 is 25.4 Å². The van der Waals surface area contributed by atoms with E-state index in [9.17, 15) is 33.2 Å². The lowest BCUT2D eigenvalue weighted by Gasteiger charge is -2.26. The lowest BCUT2D eigenvalue weighted by atomic mass is 9.83. The van der Waals surface area contributed by atoms with Crippen molar-refractivity contribution in [3.8, 4) is 0 Å². The molecular weight excluding hydrogens is 606 g/mol. The molecule has 1 aromatic heterocycles. The predicted octanol–water partition coefficient (Wildman–Crippen LogP) is 5.00. The molecule has 0 spiro atoms. The first-order valence-corrected chi connectivity index (χ1v) is 15.8. The molecule has 0 saturated carbocycles. The number of nitro benzene ring substituents is 2. The van der Waals surface area contributed by atoms with Crippen molar-refractivity contribution in [1.29, 1.82) is 0 Å². The van der Waals surface area contributed by atoms with Gasteiger partial charge >= 0.3 is 0 Å². The van der Waals surface area contributed by atoms with Crippen LogP contribution in [0.15, 0.2) is 83.4 Å². The van der Waals surface area contributed by atoms with Gasteiger partial charge in [0.15, 0.2) is 6.54 Å². The molecule has 1 aliphatic rings. The first-order valence-electron chi connectivity index (χ1n) is 13.6. The average molecular weight is 636 g/mol. The minimum atomic E-state index is -4.64. The molecule has 4 aromatic rings. The van der Waals surface area contributed by atoms with Gasteiger partial charge in [0.2, 0.25) is 5.52 Å². The Labute approximate surface area is 257 Å². The van der Waals surface area contributed by atoms with Gasteiger partial charge in [0, 0.05) is 53.2 Å². The number of aromatic nitrogens is 1. The van der Waals surface area contributed by atoms with Crippen LogP contribution in [-0.2, 0) is 22.1 Å². The summed E-state index contributed by atoms with van der Waals surface area (Å²) >= 11 is 1.50. The van der Waals surface area contributed by atoms with Gasteiger partial charge in [0.1, 0.15) is 14.8 Å². The maximum Gasteiger partial charge on any atom is 0.276 e. The fraction of sp³-hybridized carbons (Fsp3) is 0.233. The van der Waals surface area contributed by atoms with Crippen molar-refractivity contribution >= 4 is 54.8 Å². The smallest absolute Gasteiger partial charge is 0.276 e. The third-order valence-electron chi connectivity index (χ3n) is 7.59. The van der Waals surface area contributed by atoms with Crippen molar-refractivity contribution < 1.29 is 27.4 Å². The number of nitrogens with two attached hydrogens (primary N) is 1. The number of hydrogen-bond donors (Lipinski definition) is 1. The number of para-hydroxylation sites is 1. The van der Waals surface area contributed by atoms with E-state index in [-0.39, 0.29) is 22.8 Å². The Morgan fingerprint density at radius 2 is 1.70 bits per heavy atom. The average Bonchev–Trinajstić information content (AvgIpc) is 3.42. The second-order valence-corrected chi connectivity index (χ2v) is 13.3. The number of fused-ring (bicyclic) bond motifs is 2. The van der Waals surface area contributed by atoms with Crippen LogP contribution < -0.4 is 15.2 Å². The van der Waals surface area contributed by atoms with Crippen molar-refractivity contribution in [3.05, 3.63) is 115 Å². The van der Waals surface area contributed by atoms with Crippen molar-refractivity contribution in [2.24, 2.45) is 5.73 Å². The van der Waals surface area contributed by atoms with Crippen molar-refractivity contribution in [2.45, 2.75) is 37.1 Å². The Hall–Kier alpha value is -4.50.